The molecule has 0 heterocycles. The summed E-state index contributed by atoms with van der Waals surface area (Å²) in [6, 6.07) is 4.72. The summed E-state index contributed by atoms with van der Waals surface area (Å²) >= 11 is 12.4. The van der Waals surface area contributed by atoms with Crippen molar-refractivity contribution in [2.24, 2.45) is 10.2 Å². The molecule has 1 atom stereocenters. The topological polar surface area (TPSA) is 108 Å². The molecule has 0 saturated heterocycles. The molecule has 11 heteroatoms. The fourth-order valence-corrected chi connectivity index (χ4v) is 3.28. The summed E-state index contributed by atoms with van der Waals surface area (Å²) in [5.74, 6) is -0.0754. The van der Waals surface area contributed by atoms with Gasteiger partial charge >= 0.3 is 0 Å². The summed E-state index contributed by atoms with van der Waals surface area (Å²) in [6.45, 7) is 5.45. The normalized spacial score (nSPS) is 11.7. The number of benzene rings is 2. The maximum atomic E-state index is 12.9. The molecule has 0 radical (unpaired) electrons. The molecule has 2 aromatic rings. The number of ketones is 1. The molecule has 9 nitrogen and oxygen atoms in total. The second kappa shape index (κ2) is 12.3. The lowest BCUT2D eigenvalue weighted by atomic mass is 10.2. The minimum Gasteiger partial charge on any atom is -0.497 e. The monoisotopic (exact) mass is 497 g/mol. The van der Waals surface area contributed by atoms with E-state index in [9.17, 15) is 9.59 Å². The number of methoxy groups -OCH3 is 2. The molecule has 1 amide bonds. The number of carbonyl (C=O) groups is 2. The summed E-state index contributed by atoms with van der Waals surface area (Å²) in [5, 5.41) is 11.2. The van der Waals surface area contributed by atoms with E-state index in [4.69, 9.17) is 42.1 Å². The van der Waals surface area contributed by atoms with Crippen LogP contribution in [0.2, 0.25) is 10.0 Å². The first-order valence-electron chi connectivity index (χ1n) is 9.99. The summed E-state index contributed by atoms with van der Waals surface area (Å²) in [5.41, 5.74) is 0.471. The van der Waals surface area contributed by atoms with Crippen molar-refractivity contribution in [1.82, 2.24) is 0 Å². The lowest BCUT2D eigenvalue weighted by Gasteiger charge is -2.17. The molecule has 0 spiro atoms. The molecule has 0 aliphatic carbocycles. The zero-order valence-electron chi connectivity index (χ0n) is 18.9. The van der Waals surface area contributed by atoms with Gasteiger partial charge in [-0.1, -0.05) is 23.2 Å². The Morgan fingerprint density at radius 3 is 2.21 bits per heavy atom. The zero-order valence-corrected chi connectivity index (χ0v) is 20.4. The Hall–Kier alpha value is -3.04. The predicted octanol–water partition coefficient (Wildman–Crippen LogP) is 5.49. The number of azo groups is 1. The summed E-state index contributed by atoms with van der Waals surface area (Å²) < 4.78 is 21.6. The highest BCUT2D eigenvalue weighted by molar-refractivity contribution is 6.33. The first-order valence-corrected chi connectivity index (χ1v) is 10.7. The molecule has 0 fully saturated rings. The number of hydrogen-bond donors (Lipinski definition) is 1. The van der Waals surface area contributed by atoms with Crippen LogP contribution in [0, 0.1) is 0 Å². The van der Waals surface area contributed by atoms with Crippen LogP contribution in [-0.2, 0) is 9.59 Å². The van der Waals surface area contributed by atoms with Crippen LogP contribution in [0.1, 0.15) is 20.8 Å². The molecule has 178 valence electrons. The highest BCUT2D eigenvalue weighted by atomic mass is 35.5. The van der Waals surface area contributed by atoms with Crippen molar-refractivity contribution in [2.75, 3.05) is 32.8 Å². The average Bonchev–Trinajstić information content (AvgIpc) is 2.77. The Labute approximate surface area is 202 Å². The number of amides is 1. The number of hydrogen-bond acceptors (Lipinski definition) is 8. The van der Waals surface area contributed by atoms with Crippen molar-refractivity contribution in [1.29, 1.82) is 0 Å². The van der Waals surface area contributed by atoms with Crippen molar-refractivity contribution in [3.05, 3.63) is 34.3 Å². The molecule has 2 aromatic carbocycles. The molecule has 0 aliphatic rings. The standard InChI is InChI=1S/C22H25Cl2N3O6/c1-6-32-20-14(23)8-9-16(21(20)33-7-2)25-22(29)18(12(3)28)27-26-17-11-13(30-4)10-15(24)19(17)31-5/h8-11,18H,6-7H2,1-5H3,(H,25,29). The number of carbonyl (C=O) groups excluding carboxylic acids is 2. The van der Waals surface area contributed by atoms with Gasteiger partial charge in [0.1, 0.15) is 11.4 Å². The summed E-state index contributed by atoms with van der Waals surface area (Å²) in [7, 11) is 2.87. The second-order valence-electron chi connectivity index (χ2n) is 6.50. The van der Waals surface area contributed by atoms with Gasteiger partial charge in [-0.25, -0.2) is 0 Å². The summed E-state index contributed by atoms with van der Waals surface area (Å²) in [6.07, 6.45) is 0. The van der Waals surface area contributed by atoms with E-state index in [1.807, 2.05) is 0 Å². The number of nitrogens with zero attached hydrogens (tertiary/aromatic N) is 2. The highest BCUT2D eigenvalue weighted by Gasteiger charge is 2.26. The third-order valence-electron chi connectivity index (χ3n) is 4.25. The third kappa shape index (κ3) is 6.49. The number of rotatable bonds is 11. The number of Topliss-reactive ketones (excluding diaryl/α,β-unsaturated/α-hetero) is 1. The molecule has 0 aromatic heterocycles. The predicted molar refractivity (Wildman–Crippen MR) is 126 cm³/mol. The van der Waals surface area contributed by atoms with Crippen LogP contribution < -0.4 is 24.3 Å². The van der Waals surface area contributed by atoms with E-state index in [0.29, 0.717) is 24.0 Å². The summed E-state index contributed by atoms with van der Waals surface area (Å²) in [4.78, 5) is 25.1. The van der Waals surface area contributed by atoms with Crippen LogP contribution in [-0.4, -0.2) is 45.2 Å². The van der Waals surface area contributed by atoms with E-state index < -0.39 is 17.7 Å². The first-order chi connectivity index (χ1) is 15.8. The molecular formula is C22H25Cl2N3O6. The number of ether oxygens (including phenoxy) is 4. The van der Waals surface area contributed by atoms with E-state index in [-0.39, 0.29) is 33.6 Å². The molecule has 1 unspecified atom stereocenters. The Bertz CT molecular complexity index is 1050. The minimum absolute atomic E-state index is 0.195. The van der Waals surface area contributed by atoms with Crippen LogP contribution in [0.4, 0.5) is 11.4 Å². The van der Waals surface area contributed by atoms with Crippen molar-refractivity contribution >= 4 is 46.3 Å². The SMILES string of the molecule is CCOc1c(Cl)ccc(NC(=O)C(N=Nc2cc(OC)cc(Cl)c2OC)C(C)=O)c1OCC. The largest absolute Gasteiger partial charge is 0.497 e. The maximum Gasteiger partial charge on any atom is 0.258 e. The van der Waals surface area contributed by atoms with E-state index >= 15 is 0 Å². The van der Waals surface area contributed by atoms with Gasteiger partial charge < -0.3 is 24.3 Å². The van der Waals surface area contributed by atoms with E-state index in [0.717, 1.165) is 0 Å². The van der Waals surface area contributed by atoms with Gasteiger partial charge in [-0.2, -0.15) is 10.2 Å². The van der Waals surface area contributed by atoms with Crippen molar-refractivity contribution in [2.45, 2.75) is 26.8 Å². The maximum absolute atomic E-state index is 12.9. The Morgan fingerprint density at radius 1 is 0.970 bits per heavy atom. The van der Waals surface area contributed by atoms with Crippen LogP contribution >= 0.6 is 23.2 Å². The van der Waals surface area contributed by atoms with Gasteiger partial charge in [-0.15, -0.1) is 0 Å². The van der Waals surface area contributed by atoms with Gasteiger partial charge in [0.25, 0.3) is 5.91 Å². The number of nitrogens with one attached hydrogen (secondary N) is 1. The van der Waals surface area contributed by atoms with Gasteiger partial charge in [-0.05, 0) is 32.9 Å². The van der Waals surface area contributed by atoms with Gasteiger partial charge in [0.05, 0.1) is 43.2 Å². The van der Waals surface area contributed by atoms with Gasteiger partial charge in [-0.3, -0.25) is 9.59 Å². The Balaban J connectivity index is 2.39. The van der Waals surface area contributed by atoms with Crippen LogP contribution in [0.3, 0.4) is 0 Å². The fraction of sp³-hybridized carbons (Fsp3) is 0.364. The Kier molecular flexibility index (Phi) is 9.74. The van der Waals surface area contributed by atoms with Gasteiger partial charge in [0.15, 0.2) is 23.0 Å². The number of halogens is 2. The van der Waals surface area contributed by atoms with E-state index in [1.54, 1.807) is 32.0 Å². The Morgan fingerprint density at radius 2 is 1.64 bits per heavy atom. The smallest absolute Gasteiger partial charge is 0.258 e. The average molecular weight is 498 g/mol. The first kappa shape index (κ1) is 26.2. The lowest BCUT2D eigenvalue weighted by molar-refractivity contribution is -0.126. The zero-order chi connectivity index (χ0) is 24.5. The van der Waals surface area contributed by atoms with Crippen molar-refractivity contribution in [3.63, 3.8) is 0 Å². The van der Waals surface area contributed by atoms with Crippen LogP contribution in [0.25, 0.3) is 0 Å². The van der Waals surface area contributed by atoms with Crippen LogP contribution in [0.5, 0.6) is 23.0 Å². The van der Waals surface area contributed by atoms with Gasteiger partial charge in [0.2, 0.25) is 6.04 Å². The fourth-order valence-electron chi connectivity index (χ4n) is 2.79. The minimum atomic E-state index is -1.44. The molecule has 2 rings (SSSR count). The molecule has 0 aliphatic heterocycles. The van der Waals surface area contributed by atoms with Crippen molar-refractivity contribution < 1.29 is 28.5 Å². The lowest BCUT2D eigenvalue weighted by Crippen LogP contribution is -2.32. The molecular weight excluding hydrogens is 473 g/mol. The van der Waals surface area contributed by atoms with Crippen molar-refractivity contribution in [3.8, 4) is 23.0 Å². The van der Waals surface area contributed by atoms with E-state index in [1.165, 1.54) is 27.2 Å². The molecule has 1 N–H and O–H groups in total. The quantitative estimate of drug-likeness (QED) is 0.324. The second-order valence-corrected chi connectivity index (χ2v) is 7.31. The van der Waals surface area contributed by atoms with E-state index in [2.05, 4.69) is 15.5 Å². The third-order valence-corrected chi connectivity index (χ3v) is 4.83. The molecule has 0 saturated carbocycles. The number of anilines is 1. The highest BCUT2D eigenvalue weighted by Crippen LogP contribution is 2.42. The molecule has 33 heavy (non-hydrogen) atoms. The van der Waals surface area contributed by atoms with Gasteiger partial charge in [0, 0.05) is 12.1 Å². The van der Waals surface area contributed by atoms with Crippen LogP contribution in [0.15, 0.2) is 34.5 Å². The molecule has 0 bridgehead atoms.